The van der Waals surface area contributed by atoms with Gasteiger partial charge >= 0.3 is 5.97 Å². The number of ether oxygens (including phenoxy) is 1. The number of hydrogen-bond acceptors (Lipinski definition) is 2. The fourth-order valence-corrected chi connectivity index (χ4v) is 3.50. The minimum absolute atomic E-state index is 0.115. The number of halogens is 1. The van der Waals surface area contributed by atoms with Gasteiger partial charge in [0, 0.05) is 16.5 Å². The van der Waals surface area contributed by atoms with E-state index in [9.17, 15) is 4.79 Å². The average Bonchev–Trinajstić information content (AvgIpc) is 2.82. The zero-order valence-electron chi connectivity index (χ0n) is 14.2. The van der Waals surface area contributed by atoms with Crippen molar-refractivity contribution in [1.82, 2.24) is 0 Å². The standard InChI is InChI=1S/C21H23ClO2/c1-14-4-3-5-15(2)12-20-18(11-6-14)19(21(23)24-20)13-16-7-9-17(22)10-8-16/h4,7-10,12-13,18,20H,3,5-6,11H2,1-2H3/b14-4-,15-12-,19-13+/t18-,20-/m1/s1. The molecule has 0 unspecified atom stereocenters. The molecule has 2 atom stereocenters. The van der Waals surface area contributed by atoms with E-state index in [-0.39, 0.29) is 18.0 Å². The van der Waals surface area contributed by atoms with E-state index in [2.05, 4.69) is 26.0 Å². The average molecular weight is 343 g/mol. The Balaban J connectivity index is 1.93. The van der Waals surface area contributed by atoms with Crippen LogP contribution in [0.15, 0.2) is 53.1 Å². The van der Waals surface area contributed by atoms with Gasteiger partial charge in [0.05, 0.1) is 0 Å². The van der Waals surface area contributed by atoms with Crippen LogP contribution >= 0.6 is 11.6 Å². The topological polar surface area (TPSA) is 26.3 Å². The van der Waals surface area contributed by atoms with Crippen molar-refractivity contribution in [1.29, 1.82) is 0 Å². The first kappa shape index (κ1) is 17.0. The minimum Gasteiger partial charge on any atom is -0.454 e. The van der Waals surface area contributed by atoms with E-state index in [0.717, 1.165) is 36.8 Å². The van der Waals surface area contributed by atoms with Gasteiger partial charge in [-0.05, 0) is 69.4 Å². The van der Waals surface area contributed by atoms with Crippen LogP contribution in [0.4, 0.5) is 0 Å². The molecule has 1 heterocycles. The molecule has 3 rings (SSSR count). The molecule has 1 aliphatic heterocycles. The first-order chi connectivity index (χ1) is 11.5. The van der Waals surface area contributed by atoms with Crippen LogP contribution < -0.4 is 0 Å². The molecule has 1 aromatic rings. The van der Waals surface area contributed by atoms with E-state index in [1.165, 1.54) is 11.1 Å². The van der Waals surface area contributed by atoms with Gasteiger partial charge in [0.2, 0.25) is 0 Å². The molecule has 2 nitrogen and oxygen atoms in total. The molecule has 24 heavy (non-hydrogen) atoms. The van der Waals surface area contributed by atoms with Crippen molar-refractivity contribution in [3.63, 3.8) is 0 Å². The Morgan fingerprint density at radius 3 is 2.62 bits per heavy atom. The van der Waals surface area contributed by atoms with Crippen LogP contribution in [-0.2, 0) is 9.53 Å². The highest BCUT2D eigenvalue weighted by Crippen LogP contribution is 2.36. The van der Waals surface area contributed by atoms with Crippen molar-refractivity contribution < 1.29 is 9.53 Å². The van der Waals surface area contributed by atoms with Crippen LogP contribution in [0, 0.1) is 5.92 Å². The van der Waals surface area contributed by atoms with Crippen molar-refractivity contribution in [3.05, 3.63) is 63.7 Å². The van der Waals surface area contributed by atoms with Crippen LogP contribution in [0.2, 0.25) is 5.02 Å². The van der Waals surface area contributed by atoms with E-state index >= 15 is 0 Å². The van der Waals surface area contributed by atoms with Crippen LogP contribution in [0.1, 0.15) is 45.1 Å². The van der Waals surface area contributed by atoms with Gasteiger partial charge in [-0.3, -0.25) is 0 Å². The maximum atomic E-state index is 12.4. The number of rotatable bonds is 1. The van der Waals surface area contributed by atoms with Gasteiger partial charge in [0.15, 0.2) is 0 Å². The molecular weight excluding hydrogens is 320 g/mol. The number of fused-ring (bicyclic) bond motifs is 1. The molecule has 2 aliphatic rings. The Morgan fingerprint density at radius 1 is 1.12 bits per heavy atom. The molecule has 0 saturated carbocycles. The molecular formula is C21H23ClO2. The Bertz CT molecular complexity index is 710. The fraction of sp³-hybridized carbons (Fsp3) is 0.381. The molecule has 126 valence electrons. The van der Waals surface area contributed by atoms with Crippen LogP contribution in [-0.4, -0.2) is 12.1 Å². The summed E-state index contributed by atoms with van der Waals surface area (Å²) in [5.41, 5.74) is 4.45. The molecule has 0 radical (unpaired) electrons. The van der Waals surface area contributed by atoms with Crippen molar-refractivity contribution in [2.75, 3.05) is 0 Å². The van der Waals surface area contributed by atoms with E-state index in [1.807, 2.05) is 30.3 Å². The largest absolute Gasteiger partial charge is 0.454 e. The first-order valence-electron chi connectivity index (χ1n) is 8.54. The van der Waals surface area contributed by atoms with Crippen molar-refractivity contribution >= 4 is 23.6 Å². The lowest BCUT2D eigenvalue weighted by molar-refractivity contribution is -0.137. The minimum atomic E-state index is -0.190. The van der Waals surface area contributed by atoms with Crippen molar-refractivity contribution in [3.8, 4) is 0 Å². The normalized spacial score (nSPS) is 30.8. The summed E-state index contributed by atoms with van der Waals surface area (Å²) >= 11 is 5.95. The van der Waals surface area contributed by atoms with Gasteiger partial charge in [0.1, 0.15) is 6.10 Å². The Hall–Kier alpha value is -1.80. The van der Waals surface area contributed by atoms with E-state index in [0.29, 0.717) is 5.02 Å². The third-order valence-electron chi connectivity index (χ3n) is 4.80. The van der Waals surface area contributed by atoms with E-state index in [4.69, 9.17) is 16.3 Å². The second-order valence-electron chi connectivity index (χ2n) is 6.77. The second-order valence-corrected chi connectivity index (χ2v) is 7.20. The highest BCUT2D eigenvalue weighted by atomic mass is 35.5. The monoisotopic (exact) mass is 342 g/mol. The Morgan fingerprint density at radius 2 is 1.88 bits per heavy atom. The maximum Gasteiger partial charge on any atom is 0.335 e. The van der Waals surface area contributed by atoms with Gasteiger partial charge in [-0.25, -0.2) is 4.79 Å². The molecule has 0 spiro atoms. The molecule has 1 fully saturated rings. The molecule has 1 aromatic carbocycles. The van der Waals surface area contributed by atoms with Crippen LogP contribution in [0.5, 0.6) is 0 Å². The summed E-state index contributed by atoms with van der Waals surface area (Å²) in [5.74, 6) is -0.0746. The summed E-state index contributed by atoms with van der Waals surface area (Å²) in [6, 6.07) is 7.55. The van der Waals surface area contributed by atoms with Crippen molar-refractivity contribution in [2.45, 2.75) is 45.6 Å². The molecule has 0 bridgehead atoms. The lowest BCUT2D eigenvalue weighted by Crippen LogP contribution is -2.15. The first-order valence-corrected chi connectivity index (χ1v) is 8.92. The fourth-order valence-electron chi connectivity index (χ4n) is 3.37. The lowest BCUT2D eigenvalue weighted by Gasteiger charge is -2.17. The number of esters is 1. The Labute approximate surface area is 148 Å². The summed E-state index contributed by atoms with van der Waals surface area (Å²) in [7, 11) is 0. The van der Waals surface area contributed by atoms with Gasteiger partial charge in [-0.15, -0.1) is 0 Å². The number of carbonyl (C=O) groups excluding carboxylic acids is 1. The quantitative estimate of drug-likeness (QED) is 0.370. The predicted octanol–water partition coefficient (Wildman–Crippen LogP) is 5.73. The van der Waals surface area contributed by atoms with Gasteiger partial charge < -0.3 is 4.74 Å². The summed E-state index contributed by atoms with van der Waals surface area (Å²) in [6.45, 7) is 4.30. The molecule has 3 heteroatoms. The zero-order chi connectivity index (χ0) is 17.1. The number of benzene rings is 1. The molecule has 0 aromatic heterocycles. The second kappa shape index (κ2) is 7.40. The third kappa shape index (κ3) is 3.99. The summed E-state index contributed by atoms with van der Waals surface area (Å²) in [5, 5.41) is 0.696. The highest BCUT2D eigenvalue weighted by molar-refractivity contribution is 6.30. The van der Waals surface area contributed by atoms with Gasteiger partial charge in [-0.1, -0.05) is 41.0 Å². The SMILES string of the molecule is C/C1=C/[C@H]2OC(=O)/C(=C/c3ccc(Cl)cc3)[C@H]2CC/C(C)=C\CC1. The lowest BCUT2D eigenvalue weighted by atomic mass is 9.86. The molecule has 1 saturated heterocycles. The van der Waals surface area contributed by atoms with Gasteiger partial charge in [-0.2, -0.15) is 0 Å². The predicted molar refractivity (Wildman–Crippen MR) is 98.8 cm³/mol. The molecule has 0 amide bonds. The number of hydrogen-bond donors (Lipinski definition) is 0. The van der Waals surface area contributed by atoms with Crippen LogP contribution in [0.3, 0.4) is 0 Å². The molecule has 1 aliphatic carbocycles. The highest BCUT2D eigenvalue weighted by Gasteiger charge is 2.38. The zero-order valence-corrected chi connectivity index (χ0v) is 15.0. The Kier molecular flexibility index (Phi) is 5.25. The summed E-state index contributed by atoms with van der Waals surface area (Å²) in [6.07, 6.45) is 10.3. The summed E-state index contributed by atoms with van der Waals surface area (Å²) in [4.78, 5) is 12.4. The van der Waals surface area contributed by atoms with Crippen molar-refractivity contribution in [2.24, 2.45) is 5.92 Å². The molecule has 0 N–H and O–H groups in total. The van der Waals surface area contributed by atoms with E-state index in [1.54, 1.807) is 0 Å². The van der Waals surface area contributed by atoms with Gasteiger partial charge in [0.25, 0.3) is 0 Å². The smallest absolute Gasteiger partial charge is 0.335 e. The number of carbonyl (C=O) groups is 1. The summed E-state index contributed by atoms with van der Waals surface area (Å²) < 4.78 is 5.68. The van der Waals surface area contributed by atoms with Crippen LogP contribution in [0.25, 0.3) is 6.08 Å². The maximum absolute atomic E-state index is 12.4. The van der Waals surface area contributed by atoms with E-state index < -0.39 is 0 Å². The number of allylic oxidation sites excluding steroid dienone is 3. The third-order valence-corrected chi connectivity index (χ3v) is 5.05.